The van der Waals surface area contributed by atoms with Gasteiger partial charge in [-0.15, -0.1) is 0 Å². The topological polar surface area (TPSA) is 57.4 Å². The Balaban J connectivity index is 2.99. The van der Waals surface area contributed by atoms with Crippen molar-refractivity contribution in [2.45, 2.75) is 6.54 Å². The van der Waals surface area contributed by atoms with Gasteiger partial charge >= 0.3 is 0 Å². The van der Waals surface area contributed by atoms with Crippen molar-refractivity contribution in [3.63, 3.8) is 0 Å². The number of hydrogen-bond donors (Lipinski definition) is 1. The Bertz CT molecular complexity index is 215. The molecule has 0 aliphatic carbocycles. The molecule has 4 nitrogen and oxygen atoms in total. The highest BCUT2D eigenvalue weighted by atomic mass is 32.1. The quantitative estimate of drug-likeness (QED) is 0.729. The third-order valence-electron chi connectivity index (χ3n) is 1.30. The molecule has 0 radical (unpaired) electrons. The largest absolute Gasteiger partial charge is 0.486 e. The maximum Gasteiger partial charge on any atom is 0.233 e. The van der Waals surface area contributed by atoms with E-state index in [1.165, 1.54) is 11.5 Å². The van der Waals surface area contributed by atoms with Crippen molar-refractivity contribution in [2.24, 2.45) is 5.73 Å². The molecule has 1 heterocycles. The summed E-state index contributed by atoms with van der Waals surface area (Å²) >= 11 is 1.25. The van der Waals surface area contributed by atoms with Crippen molar-refractivity contribution in [3.8, 4) is 10.9 Å². The average Bonchev–Trinajstić information content (AvgIpc) is 2.45. The zero-order valence-electron chi connectivity index (χ0n) is 6.46. The van der Waals surface area contributed by atoms with Gasteiger partial charge in [0.1, 0.15) is 0 Å². The first-order chi connectivity index (χ1) is 5.33. The van der Waals surface area contributed by atoms with Crippen LogP contribution >= 0.6 is 11.5 Å². The van der Waals surface area contributed by atoms with E-state index in [-0.39, 0.29) is 0 Å². The molecular weight excluding hydrogens is 164 g/mol. The fourth-order valence-corrected chi connectivity index (χ4v) is 1.48. The summed E-state index contributed by atoms with van der Waals surface area (Å²) in [5.74, 6) is 0.564. The van der Waals surface area contributed by atoms with Crippen LogP contribution in [0.4, 0.5) is 0 Å². The Hall–Kier alpha value is -0.810. The Morgan fingerprint density at radius 2 is 2.18 bits per heavy atom. The molecule has 0 aliphatic rings. The van der Waals surface area contributed by atoms with Gasteiger partial charge in [0.25, 0.3) is 0 Å². The van der Waals surface area contributed by atoms with E-state index >= 15 is 0 Å². The molecule has 0 aliphatic heterocycles. The molecule has 0 unspecified atom stereocenters. The molecule has 0 bridgehead atoms. The Morgan fingerprint density at radius 1 is 1.45 bits per heavy atom. The van der Waals surface area contributed by atoms with Gasteiger partial charge in [-0.2, -0.15) is 4.37 Å². The summed E-state index contributed by atoms with van der Waals surface area (Å²) in [4.78, 5) is 0. The number of nitrogens with zero attached hydrogens (tertiary/aromatic N) is 1. The van der Waals surface area contributed by atoms with Crippen molar-refractivity contribution in [3.05, 3.63) is 5.56 Å². The molecule has 62 valence electrons. The molecule has 0 fully saturated rings. The molecule has 11 heavy (non-hydrogen) atoms. The minimum atomic E-state index is 0.392. The lowest BCUT2D eigenvalue weighted by atomic mass is 10.3. The van der Waals surface area contributed by atoms with Crippen LogP contribution in [-0.4, -0.2) is 18.6 Å². The molecule has 1 aromatic heterocycles. The second-order valence-electron chi connectivity index (χ2n) is 1.87. The van der Waals surface area contributed by atoms with Gasteiger partial charge in [0.05, 0.1) is 19.8 Å². The van der Waals surface area contributed by atoms with E-state index in [0.29, 0.717) is 12.4 Å². The smallest absolute Gasteiger partial charge is 0.233 e. The zero-order valence-corrected chi connectivity index (χ0v) is 7.27. The molecule has 5 heteroatoms. The Morgan fingerprint density at radius 3 is 2.64 bits per heavy atom. The molecule has 0 amide bonds. The molecule has 0 saturated carbocycles. The summed E-state index contributed by atoms with van der Waals surface area (Å²) in [5, 5.41) is 0.726. The van der Waals surface area contributed by atoms with Crippen LogP contribution in [-0.2, 0) is 6.54 Å². The van der Waals surface area contributed by atoms with E-state index in [0.717, 1.165) is 10.6 Å². The van der Waals surface area contributed by atoms with Crippen molar-refractivity contribution in [1.29, 1.82) is 0 Å². The summed E-state index contributed by atoms with van der Waals surface area (Å²) in [5.41, 5.74) is 6.29. The van der Waals surface area contributed by atoms with Crippen molar-refractivity contribution < 1.29 is 9.47 Å². The van der Waals surface area contributed by atoms with Gasteiger partial charge in [0, 0.05) is 18.1 Å². The Labute approximate surface area is 69.1 Å². The van der Waals surface area contributed by atoms with Crippen molar-refractivity contribution in [2.75, 3.05) is 14.2 Å². The fraction of sp³-hybridized carbons (Fsp3) is 0.500. The highest BCUT2D eigenvalue weighted by Crippen LogP contribution is 2.31. The van der Waals surface area contributed by atoms with E-state index in [4.69, 9.17) is 15.2 Å². The second-order valence-corrected chi connectivity index (χ2v) is 2.60. The van der Waals surface area contributed by atoms with Gasteiger partial charge in [-0.3, -0.25) is 0 Å². The van der Waals surface area contributed by atoms with Gasteiger partial charge in [-0.05, 0) is 0 Å². The van der Waals surface area contributed by atoms with Crippen LogP contribution in [0.25, 0.3) is 0 Å². The van der Waals surface area contributed by atoms with Crippen molar-refractivity contribution >= 4 is 11.5 Å². The van der Waals surface area contributed by atoms with Gasteiger partial charge < -0.3 is 15.2 Å². The standard InChI is InChI=1S/C6H10N2O2S/c1-9-5-4(3-7)6(10-2)11-8-5/h3,7H2,1-2H3. The van der Waals surface area contributed by atoms with Crippen LogP contribution in [0.3, 0.4) is 0 Å². The zero-order chi connectivity index (χ0) is 8.27. The molecule has 0 aromatic carbocycles. The number of rotatable bonds is 3. The molecule has 0 spiro atoms. The number of aromatic nitrogens is 1. The molecular formula is C6H10N2O2S. The predicted octanol–water partition coefficient (Wildman–Crippen LogP) is 0.619. The highest BCUT2D eigenvalue weighted by molar-refractivity contribution is 7.08. The third kappa shape index (κ3) is 1.44. The van der Waals surface area contributed by atoms with Gasteiger partial charge in [-0.25, -0.2) is 0 Å². The second kappa shape index (κ2) is 3.54. The maximum atomic E-state index is 5.45. The number of methoxy groups -OCH3 is 2. The van der Waals surface area contributed by atoms with Gasteiger partial charge in [0.15, 0.2) is 0 Å². The van der Waals surface area contributed by atoms with Crippen LogP contribution in [0.2, 0.25) is 0 Å². The minimum absolute atomic E-state index is 0.392. The molecule has 1 aromatic rings. The Kier molecular flexibility index (Phi) is 2.67. The van der Waals surface area contributed by atoms with E-state index in [1.807, 2.05) is 0 Å². The lowest BCUT2D eigenvalue weighted by Gasteiger charge is -1.99. The minimum Gasteiger partial charge on any atom is -0.486 e. The monoisotopic (exact) mass is 174 g/mol. The average molecular weight is 174 g/mol. The third-order valence-corrected chi connectivity index (χ3v) is 2.13. The van der Waals surface area contributed by atoms with E-state index in [1.54, 1.807) is 14.2 Å². The van der Waals surface area contributed by atoms with Crippen LogP contribution in [0.5, 0.6) is 10.9 Å². The van der Waals surface area contributed by atoms with Crippen LogP contribution in [0, 0.1) is 0 Å². The summed E-state index contributed by atoms with van der Waals surface area (Å²) in [6.07, 6.45) is 0. The summed E-state index contributed by atoms with van der Waals surface area (Å²) in [7, 11) is 3.15. The van der Waals surface area contributed by atoms with Crippen LogP contribution in [0.15, 0.2) is 0 Å². The maximum absolute atomic E-state index is 5.45. The van der Waals surface area contributed by atoms with Crippen LogP contribution in [0.1, 0.15) is 5.56 Å². The number of hydrogen-bond acceptors (Lipinski definition) is 5. The van der Waals surface area contributed by atoms with Crippen LogP contribution < -0.4 is 15.2 Å². The molecule has 1 rings (SSSR count). The van der Waals surface area contributed by atoms with Gasteiger partial charge in [0.2, 0.25) is 10.9 Å². The normalized spacial score (nSPS) is 9.73. The van der Waals surface area contributed by atoms with E-state index in [9.17, 15) is 0 Å². The molecule has 0 saturated heterocycles. The van der Waals surface area contributed by atoms with E-state index < -0.39 is 0 Å². The molecule has 2 N–H and O–H groups in total. The fourth-order valence-electron chi connectivity index (χ4n) is 0.772. The van der Waals surface area contributed by atoms with E-state index in [2.05, 4.69) is 4.37 Å². The first kappa shape index (κ1) is 8.29. The summed E-state index contributed by atoms with van der Waals surface area (Å²) in [6, 6.07) is 0. The lowest BCUT2D eigenvalue weighted by molar-refractivity contribution is 0.388. The predicted molar refractivity (Wildman–Crippen MR) is 43.1 cm³/mol. The molecule has 0 atom stereocenters. The first-order valence-electron chi connectivity index (χ1n) is 3.10. The summed E-state index contributed by atoms with van der Waals surface area (Å²) < 4.78 is 14.0. The number of nitrogens with two attached hydrogens (primary N) is 1. The first-order valence-corrected chi connectivity index (χ1v) is 3.87. The highest BCUT2D eigenvalue weighted by Gasteiger charge is 2.12. The SMILES string of the molecule is COc1nsc(OC)c1CN. The number of ether oxygens (including phenoxy) is 2. The van der Waals surface area contributed by atoms with Crippen molar-refractivity contribution in [1.82, 2.24) is 4.37 Å². The lowest BCUT2D eigenvalue weighted by Crippen LogP contribution is -1.99. The van der Waals surface area contributed by atoms with Gasteiger partial charge in [-0.1, -0.05) is 0 Å². The summed E-state index contributed by atoms with van der Waals surface area (Å²) in [6.45, 7) is 0.392.